The lowest BCUT2D eigenvalue weighted by Gasteiger charge is -2.24. The number of hydrogen-bond donors (Lipinski definition) is 0. The average molecular weight is 473 g/mol. The molecule has 1 aliphatic heterocycles. The lowest BCUT2D eigenvalue weighted by atomic mass is 10.1. The number of benzene rings is 2. The summed E-state index contributed by atoms with van der Waals surface area (Å²) in [7, 11) is 1.51. The van der Waals surface area contributed by atoms with Gasteiger partial charge in [0, 0.05) is 37.9 Å². The lowest BCUT2D eigenvalue weighted by molar-refractivity contribution is -0.137. The molecule has 2 aromatic carbocycles. The van der Waals surface area contributed by atoms with E-state index in [9.17, 15) is 18.0 Å². The van der Waals surface area contributed by atoms with Gasteiger partial charge in [-0.25, -0.2) is 0 Å². The van der Waals surface area contributed by atoms with Crippen LogP contribution in [0.5, 0.6) is 0 Å². The number of methoxy groups -OCH3 is 1. The third kappa shape index (κ3) is 5.25. The van der Waals surface area contributed by atoms with Crippen LogP contribution >= 0.6 is 0 Å². The predicted molar refractivity (Wildman–Crippen MR) is 121 cm³/mol. The molecule has 0 saturated carbocycles. The monoisotopic (exact) mass is 473 g/mol. The molecular formula is C25H26F3N3O3. The van der Waals surface area contributed by atoms with Crippen molar-refractivity contribution in [3.05, 3.63) is 71.3 Å². The molecule has 1 aromatic heterocycles. The Bertz CT molecular complexity index is 1110. The summed E-state index contributed by atoms with van der Waals surface area (Å²) >= 11 is 0. The van der Waals surface area contributed by atoms with Crippen LogP contribution in [0.4, 0.5) is 19.1 Å². The number of carbonyl (C=O) groups excluding carboxylic acids is 1. The summed E-state index contributed by atoms with van der Waals surface area (Å²) in [6.07, 6.45) is -2.49. The fourth-order valence-corrected chi connectivity index (χ4v) is 4.09. The Morgan fingerprint density at radius 2 is 1.85 bits per heavy atom. The number of alkyl halides is 3. The topological polar surface area (TPSA) is 58.8 Å². The number of hydrogen-bond acceptors (Lipinski definition) is 5. The second-order valence-electron chi connectivity index (χ2n) is 8.17. The van der Waals surface area contributed by atoms with Crippen LogP contribution in [0.3, 0.4) is 0 Å². The first-order valence-corrected chi connectivity index (χ1v) is 11.1. The van der Waals surface area contributed by atoms with Crippen molar-refractivity contribution in [1.82, 2.24) is 10.1 Å². The van der Waals surface area contributed by atoms with Crippen LogP contribution in [-0.4, -0.2) is 49.3 Å². The first-order chi connectivity index (χ1) is 16.4. The molecule has 0 radical (unpaired) electrons. The van der Waals surface area contributed by atoms with E-state index in [2.05, 4.69) is 10.1 Å². The molecule has 0 unspecified atom stereocenters. The first-order valence-electron chi connectivity index (χ1n) is 11.1. The van der Waals surface area contributed by atoms with Gasteiger partial charge in [0.15, 0.2) is 0 Å². The summed E-state index contributed by atoms with van der Waals surface area (Å²) in [6.45, 7) is 2.18. The van der Waals surface area contributed by atoms with Crippen LogP contribution in [0.1, 0.15) is 34.3 Å². The molecule has 0 atom stereocenters. The highest BCUT2D eigenvalue weighted by molar-refractivity contribution is 5.94. The molecule has 0 bridgehead atoms. The second kappa shape index (κ2) is 10.3. The Hall–Kier alpha value is -3.33. The molecule has 3 aromatic rings. The summed E-state index contributed by atoms with van der Waals surface area (Å²) < 4.78 is 50.6. The molecule has 6 nitrogen and oxygen atoms in total. The van der Waals surface area contributed by atoms with Crippen molar-refractivity contribution in [3.63, 3.8) is 0 Å². The Morgan fingerprint density at radius 1 is 1.12 bits per heavy atom. The molecule has 34 heavy (non-hydrogen) atoms. The fraction of sp³-hybridized carbons (Fsp3) is 0.360. The maximum atomic E-state index is 13.4. The third-order valence-corrected chi connectivity index (χ3v) is 5.85. The normalized spacial score (nSPS) is 13.9. The minimum absolute atomic E-state index is 0.0358. The van der Waals surface area contributed by atoms with Gasteiger partial charge in [0.25, 0.3) is 5.91 Å². The second-order valence-corrected chi connectivity index (χ2v) is 8.17. The van der Waals surface area contributed by atoms with Gasteiger partial charge >= 0.3 is 6.18 Å². The van der Waals surface area contributed by atoms with E-state index < -0.39 is 17.6 Å². The van der Waals surface area contributed by atoms with Crippen molar-refractivity contribution >= 4 is 11.8 Å². The van der Waals surface area contributed by atoms with Crippen LogP contribution < -0.4 is 4.90 Å². The minimum atomic E-state index is -4.54. The van der Waals surface area contributed by atoms with E-state index in [-0.39, 0.29) is 25.3 Å². The van der Waals surface area contributed by atoms with E-state index in [1.165, 1.54) is 24.1 Å². The Kier molecular flexibility index (Phi) is 7.21. The molecule has 180 valence electrons. The molecule has 9 heteroatoms. The molecule has 0 spiro atoms. The maximum Gasteiger partial charge on any atom is 0.416 e. The van der Waals surface area contributed by atoms with Crippen molar-refractivity contribution in [2.45, 2.75) is 25.6 Å². The molecule has 0 N–H and O–H groups in total. The molecule has 0 aliphatic carbocycles. The van der Waals surface area contributed by atoms with Crippen molar-refractivity contribution in [2.75, 3.05) is 38.3 Å². The Balaban J connectivity index is 1.71. The van der Waals surface area contributed by atoms with Crippen LogP contribution in [0, 0.1) is 0 Å². The number of ether oxygens (including phenoxy) is 1. The van der Waals surface area contributed by atoms with Crippen molar-refractivity contribution < 1.29 is 27.2 Å². The molecule has 1 fully saturated rings. The van der Waals surface area contributed by atoms with Crippen LogP contribution in [-0.2, 0) is 17.5 Å². The molecular weight excluding hydrogens is 447 g/mol. The van der Waals surface area contributed by atoms with E-state index in [0.29, 0.717) is 11.6 Å². The van der Waals surface area contributed by atoms with Crippen LogP contribution in [0.25, 0.3) is 11.3 Å². The molecule has 1 amide bonds. The van der Waals surface area contributed by atoms with Gasteiger partial charge in [-0.05, 0) is 31.0 Å². The Labute approximate surface area is 195 Å². The first kappa shape index (κ1) is 23.8. The highest BCUT2D eigenvalue weighted by Gasteiger charge is 2.32. The standard InChI is InChI=1S/C25H26F3N3O3/c1-33-15-14-31(23(32)19-10-7-11-20(16-19)25(26,27)28)17-21-22(18-8-3-2-4-9-18)29-34-24(21)30-12-5-6-13-30/h2-4,7-11,16H,5-6,12-15,17H2,1H3. The van der Waals surface area contributed by atoms with Crippen molar-refractivity contribution in [2.24, 2.45) is 0 Å². The van der Waals surface area contributed by atoms with Gasteiger partial charge in [0.1, 0.15) is 5.69 Å². The van der Waals surface area contributed by atoms with Crippen LogP contribution in [0.2, 0.25) is 0 Å². The summed E-state index contributed by atoms with van der Waals surface area (Å²) in [5.74, 6) is 0.0753. The number of anilines is 1. The molecule has 2 heterocycles. The number of aromatic nitrogens is 1. The maximum absolute atomic E-state index is 13.4. The molecule has 1 saturated heterocycles. The van der Waals surface area contributed by atoms with Gasteiger partial charge in [-0.15, -0.1) is 0 Å². The van der Waals surface area contributed by atoms with E-state index in [4.69, 9.17) is 9.26 Å². The van der Waals surface area contributed by atoms with Gasteiger partial charge in [0.05, 0.1) is 24.3 Å². The fourth-order valence-electron chi connectivity index (χ4n) is 4.09. The highest BCUT2D eigenvalue weighted by atomic mass is 19.4. The number of carbonyl (C=O) groups is 1. The average Bonchev–Trinajstić information content (AvgIpc) is 3.51. The van der Waals surface area contributed by atoms with Gasteiger partial charge in [-0.1, -0.05) is 41.6 Å². The zero-order valence-electron chi connectivity index (χ0n) is 18.8. The summed E-state index contributed by atoms with van der Waals surface area (Å²) in [5.41, 5.74) is 1.28. The summed E-state index contributed by atoms with van der Waals surface area (Å²) in [6, 6.07) is 14.0. The van der Waals surface area contributed by atoms with E-state index in [1.54, 1.807) is 0 Å². The number of rotatable bonds is 8. The smallest absolute Gasteiger partial charge is 0.383 e. The number of halogens is 3. The zero-order valence-corrected chi connectivity index (χ0v) is 18.8. The lowest BCUT2D eigenvalue weighted by Crippen LogP contribution is -2.34. The number of nitrogens with zero attached hydrogens (tertiary/aromatic N) is 3. The highest BCUT2D eigenvalue weighted by Crippen LogP contribution is 2.35. The molecule has 1 aliphatic rings. The van der Waals surface area contributed by atoms with Gasteiger partial charge in [-0.3, -0.25) is 4.79 Å². The van der Waals surface area contributed by atoms with E-state index in [0.717, 1.165) is 49.2 Å². The summed E-state index contributed by atoms with van der Waals surface area (Å²) in [4.78, 5) is 17.0. The largest absolute Gasteiger partial charge is 0.416 e. The Morgan fingerprint density at radius 3 is 2.53 bits per heavy atom. The van der Waals surface area contributed by atoms with E-state index >= 15 is 0 Å². The third-order valence-electron chi connectivity index (χ3n) is 5.85. The van der Waals surface area contributed by atoms with Crippen LogP contribution in [0.15, 0.2) is 59.1 Å². The quantitative estimate of drug-likeness (QED) is 0.447. The zero-order chi connectivity index (χ0) is 24.1. The van der Waals surface area contributed by atoms with Gasteiger partial charge in [-0.2, -0.15) is 13.2 Å². The van der Waals surface area contributed by atoms with Crippen molar-refractivity contribution in [3.8, 4) is 11.3 Å². The van der Waals surface area contributed by atoms with Gasteiger partial charge < -0.3 is 19.1 Å². The molecule has 4 rings (SSSR count). The minimum Gasteiger partial charge on any atom is -0.383 e. The number of amides is 1. The van der Waals surface area contributed by atoms with Gasteiger partial charge in [0.2, 0.25) is 5.88 Å². The van der Waals surface area contributed by atoms with Crippen molar-refractivity contribution in [1.29, 1.82) is 0 Å². The predicted octanol–water partition coefficient (Wildman–Crippen LogP) is 5.25. The SMILES string of the molecule is COCCN(Cc1c(-c2ccccc2)noc1N1CCCC1)C(=O)c1cccc(C(F)(F)F)c1. The summed E-state index contributed by atoms with van der Waals surface area (Å²) in [5, 5.41) is 4.31. The van der Waals surface area contributed by atoms with E-state index in [1.807, 2.05) is 30.3 Å².